The molecule has 0 spiro atoms. The monoisotopic (exact) mass is 256 g/mol. The van der Waals surface area contributed by atoms with Crippen LogP contribution in [0.4, 0.5) is 4.39 Å². The standard InChI is InChI=1S/C10H13FN4OS/c1-16-7-4-2-3-6(8(7)11)5-17-10(14)15-9(12)13/h2-4H,5H2,1H3,(H5,12,13,14,15). The van der Waals surface area contributed by atoms with E-state index in [1.54, 1.807) is 12.1 Å². The highest BCUT2D eigenvalue weighted by molar-refractivity contribution is 8.13. The first-order valence-electron chi connectivity index (χ1n) is 4.67. The zero-order valence-corrected chi connectivity index (χ0v) is 10.1. The van der Waals surface area contributed by atoms with Gasteiger partial charge in [-0.1, -0.05) is 23.9 Å². The van der Waals surface area contributed by atoms with E-state index in [9.17, 15) is 4.39 Å². The Hall–Kier alpha value is -1.76. The second-order valence-electron chi connectivity index (χ2n) is 3.06. The van der Waals surface area contributed by atoms with Crippen LogP contribution >= 0.6 is 11.8 Å². The second-order valence-corrected chi connectivity index (χ2v) is 4.03. The van der Waals surface area contributed by atoms with Crippen LogP contribution in [0.5, 0.6) is 5.75 Å². The van der Waals surface area contributed by atoms with Crippen molar-refractivity contribution in [3.63, 3.8) is 0 Å². The Kier molecular flexibility index (Phi) is 4.77. The third kappa shape index (κ3) is 3.95. The number of hydrogen-bond acceptors (Lipinski definition) is 3. The van der Waals surface area contributed by atoms with Crippen LogP contribution in [0.15, 0.2) is 23.2 Å². The largest absolute Gasteiger partial charge is 0.494 e. The smallest absolute Gasteiger partial charge is 0.193 e. The lowest BCUT2D eigenvalue weighted by Gasteiger charge is -2.06. The van der Waals surface area contributed by atoms with Crippen molar-refractivity contribution < 1.29 is 9.13 Å². The molecule has 0 aliphatic rings. The molecule has 0 aromatic heterocycles. The Balaban J connectivity index is 2.70. The van der Waals surface area contributed by atoms with Crippen molar-refractivity contribution in [3.05, 3.63) is 29.6 Å². The first kappa shape index (κ1) is 13.3. The maximum absolute atomic E-state index is 13.7. The van der Waals surface area contributed by atoms with Crippen molar-refractivity contribution in [2.24, 2.45) is 16.5 Å². The molecule has 0 aliphatic heterocycles. The quantitative estimate of drug-likeness (QED) is 0.560. The van der Waals surface area contributed by atoms with E-state index in [0.717, 1.165) is 11.8 Å². The topological polar surface area (TPSA) is 97.5 Å². The summed E-state index contributed by atoms with van der Waals surface area (Å²) in [6.45, 7) is 0. The van der Waals surface area contributed by atoms with E-state index in [0.29, 0.717) is 5.56 Å². The Labute approximate surface area is 103 Å². The van der Waals surface area contributed by atoms with Gasteiger partial charge in [0.05, 0.1) is 7.11 Å². The van der Waals surface area contributed by atoms with Crippen molar-refractivity contribution in [1.29, 1.82) is 5.41 Å². The van der Waals surface area contributed by atoms with E-state index >= 15 is 0 Å². The zero-order valence-electron chi connectivity index (χ0n) is 9.24. The molecule has 5 nitrogen and oxygen atoms in total. The minimum atomic E-state index is -0.431. The molecule has 0 bridgehead atoms. The predicted octanol–water partition coefficient (Wildman–Crippen LogP) is 1.28. The van der Waals surface area contributed by atoms with Crippen molar-refractivity contribution in [2.75, 3.05) is 7.11 Å². The summed E-state index contributed by atoms with van der Waals surface area (Å²) in [5, 5.41) is 7.34. The molecule has 1 aromatic rings. The maximum Gasteiger partial charge on any atom is 0.193 e. The molecule has 0 fully saturated rings. The molecule has 0 amide bonds. The summed E-state index contributed by atoms with van der Waals surface area (Å²) in [5.41, 5.74) is 10.7. The molecule has 92 valence electrons. The number of halogens is 1. The molecular weight excluding hydrogens is 243 g/mol. The molecule has 7 heteroatoms. The number of nitrogens with one attached hydrogen (secondary N) is 1. The van der Waals surface area contributed by atoms with Crippen molar-refractivity contribution in [2.45, 2.75) is 5.75 Å². The van der Waals surface area contributed by atoms with E-state index in [1.165, 1.54) is 13.2 Å². The molecule has 0 unspecified atom stereocenters. The van der Waals surface area contributed by atoms with E-state index in [1.807, 2.05) is 0 Å². The van der Waals surface area contributed by atoms with Gasteiger partial charge in [0.2, 0.25) is 0 Å². The Morgan fingerprint density at radius 1 is 1.53 bits per heavy atom. The molecule has 0 saturated heterocycles. The summed E-state index contributed by atoms with van der Waals surface area (Å²) in [6, 6.07) is 4.83. The molecule has 0 heterocycles. The van der Waals surface area contributed by atoms with Crippen LogP contribution in [0.3, 0.4) is 0 Å². The van der Waals surface area contributed by atoms with E-state index < -0.39 is 5.82 Å². The lowest BCUT2D eigenvalue weighted by molar-refractivity contribution is 0.385. The minimum Gasteiger partial charge on any atom is -0.494 e. The fraction of sp³-hybridized carbons (Fsp3) is 0.200. The summed E-state index contributed by atoms with van der Waals surface area (Å²) in [7, 11) is 1.40. The summed E-state index contributed by atoms with van der Waals surface area (Å²) < 4.78 is 18.5. The van der Waals surface area contributed by atoms with Gasteiger partial charge in [-0.25, -0.2) is 4.39 Å². The first-order valence-corrected chi connectivity index (χ1v) is 5.65. The van der Waals surface area contributed by atoms with E-state index in [-0.39, 0.29) is 22.6 Å². The molecule has 0 atom stereocenters. The number of methoxy groups -OCH3 is 1. The summed E-state index contributed by atoms with van der Waals surface area (Å²) in [6.07, 6.45) is 0. The van der Waals surface area contributed by atoms with Gasteiger partial charge in [0, 0.05) is 11.3 Å². The van der Waals surface area contributed by atoms with Crippen LogP contribution in [0, 0.1) is 11.2 Å². The van der Waals surface area contributed by atoms with Crippen molar-refractivity contribution >= 4 is 22.9 Å². The minimum absolute atomic E-state index is 0.0628. The average Bonchev–Trinajstić information content (AvgIpc) is 2.27. The highest BCUT2D eigenvalue weighted by Gasteiger charge is 2.09. The molecule has 0 saturated carbocycles. The molecule has 1 rings (SSSR count). The van der Waals surface area contributed by atoms with Crippen LogP contribution in [-0.4, -0.2) is 18.2 Å². The molecule has 0 radical (unpaired) electrons. The number of aliphatic imine (C=N–C) groups is 1. The number of benzene rings is 1. The van der Waals surface area contributed by atoms with Crippen LogP contribution in [0.2, 0.25) is 0 Å². The first-order chi connectivity index (χ1) is 8.04. The highest BCUT2D eigenvalue weighted by atomic mass is 32.2. The third-order valence-corrected chi connectivity index (χ3v) is 2.68. The Morgan fingerprint density at radius 3 is 2.82 bits per heavy atom. The van der Waals surface area contributed by atoms with Gasteiger partial charge in [-0.3, -0.25) is 5.41 Å². The van der Waals surface area contributed by atoms with Gasteiger partial charge >= 0.3 is 0 Å². The average molecular weight is 256 g/mol. The van der Waals surface area contributed by atoms with Crippen LogP contribution in [0.25, 0.3) is 0 Å². The fourth-order valence-electron chi connectivity index (χ4n) is 1.12. The number of thioether (sulfide) groups is 1. The van der Waals surface area contributed by atoms with Crippen molar-refractivity contribution in [3.8, 4) is 5.75 Å². The maximum atomic E-state index is 13.7. The Bertz CT molecular complexity index is 446. The number of rotatable bonds is 3. The van der Waals surface area contributed by atoms with Gasteiger partial charge in [-0.2, -0.15) is 4.99 Å². The highest BCUT2D eigenvalue weighted by Crippen LogP contribution is 2.23. The summed E-state index contributed by atoms with van der Waals surface area (Å²) >= 11 is 1.03. The third-order valence-electron chi connectivity index (χ3n) is 1.86. The van der Waals surface area contributed by atoms with Crippen molar-refractivity contribution in [1.82, 2.24) is 0 Å². The number of hydrogen-bond donors (Lipinski definition) is 3. The lowest BCUT2D eigenvalue weighted by Crippen LogP contribution is -2.23. The Morgan fingerprint density at radius 2 is 2.24 bits per heavy atom. The summed E-state index contributed by atoms with van der Waals surface area (Å²) in [5.74, 6) is -0.177. The van der Waals surface area contributed by atoms with Gasteiger partial charge in [0.25, 0.3) is 0 Å². The molecule has 17 heavy (non-hydrogen) atoms. The lowest BCUT2D eigenvalue weighted by atomic mass is 10.2. The normalized spacial score (nSPS) is 9.76. The number of nitrogens with zero attached hydrogens (tertiary/aromatic N) is 1. The molecular formula is C10H13FN4OS. The number of amidine groups is 1. The molecule has 1 aromatic carbocycles. The van der Waals surface area contributed by atoms with Gasteiger partial charge in [-0.15, -0.1) is 0 Å². The summed E-state index contributed by atoms with van der Waals surface area (Å²) in [4.78, 5) is 3.53. The number of nitrogens with two attached hydrogens (primary N) is 2. The van der Waals surface area contributed by atoms with Crippen LogP contribution in [-0.2, 0) is 5.75 Å². The SMILES string of the molecule is COc1cccc(CSC(=N)N=C(N)N)c1F. The second kappa shape index (κ2) is 6.09. The van der Waals surface area contributed by atoms with Gasteiger partial charge < -0.3 is 16.2 Å². The van der Waals surface area contributed by atoms with Gasteiger partial charge in [0.1, 0.15) is 0 Å². The predicted molar refractivity (Wildman–Crippen MR) is 67.8 cm³/mol. The van der Waals surface area contributed by atoms with Crippen LogP contribution in [0.1, 0.15) is 5.56 Å². The molecule has 5 N–H and O–H groups in total. The van der Waals surface area contributed by atoms with Gasteiger partial charge in [-0.05, 0) is 6.07 Å². The molecule has 0 aliphatic carbocycles. The zero-order chi connectivity index (χ0) is 12.8. The fourth-order valence-corrected chi connectivity index (χ4v) is 1.81. The van der Waals surface area contributed by atoms with Gasteiger partial charge in [0.15, 0.2) is 22.7 Å². The van der Waals surface area contributed by atoms with E-state index in [2.05, 4.69) is 4.99 Å². The number of ether oxygens (including phenoxy) is 1. The van der Waals surface area contributed by atoms with E-state index in [4.69, 9.17) is 21.6 Å². The van der Waals surface area contributed by atoms with Crippen LogP contribution < -0.4 is 16.2 Å². The number of guanidine groups is 1.